The van der Waals surface area contributed by atoms with Crippen LogP contribution in [0.3, 0.4) is 0 Å². The van der Waals surface area contributed by atoms with Crippen molar-refractivity contribution in [3.63, 3.8) is 0 Å². The molecule has 0 saturated carbocycles. The van der Waals surface area contributed by atoms with E-state index in [2.05, 4.69) is 35.3 Å². The van der Waals surface area contributed by atoms with Crippen LogP contribution in [0.25, 0.3) is 0 Å². The number of thioether (sulfide) groups is 1. The summed E-state index contributed by atoms with van der Waals surface area (Å²) in [6.07, 6.45) is 5.14. The summed E-state index contributed by atoms with van der Waals surface area (Å²) in [4.78, 5) is 17.0. The fraction of sp³-hybridized carbons (Fsp3) is 0.480. The Morgan fingerprint density at radius 1 is 1.24 bits per heavy atom. The van der Waals surface area contributed by atoms with Crippen molar-refractivity contribution < 1.29 is 4.79 Å². The largest absolute Gasteiger partial charge is 0.364 e. The summed E-state index contributed by atoms with van der Waals surface area (Å²) in [6, 6.07) is 14.9. The van der Waals surface area contributed by atoms with E-state index in [0.717, 1.165) is 38.0 Å². The summed E-state index contributed by atoms with van der Waals surface area (Å²) in [5.74, 6) is 2.03. The van der Waals surface area contributed by atoms with Gasteiger partial charge in [0.2, 0.25) is 0 Å². The lowest BCUT2D eigenvalue weighted by atomic mass is 9.73. The molecule has 0 radical (unpaired) electrons. The monoisotopic (exact) mass is 406 g/mol. The van der Waals surface area contributed by atoms with E-state index in [1.807, 2.05) is 36.0 Å². The predicted octanol–water partition coefficient (Wildman–Crippen LogP) is 5.18. The number of hydrogen-bond donors (Lipinski definition) is 1. The Bertz CT molecular complexity index is 910. The predicted molar refractivity (Wildman–Crippen MR) is 121 cm³/mol. The first-order valence-corrected chi connectivity index (χ1v) is 12.0. The van der Waals surface area contributed by atoms with Crippen LogP contribution in [0.5, 0.6) is 0 Å². The maximum absolute atomic E-state index is 12.7. The third kappa shape index (κ3) is 3.30. The highest BCUT2D eigenvalue weighted by Crippen LogP contribution is 2.56. The Hall–Kier alpha value is -1.78. The number of aryl methyl sites for hydroxylation is 1. The Morgan fingerprint density at radius 3 is 2.97 bits per heavy atom. The molecule has 0 aliphatic carbocycles. The van der Waals surface area contributed by atoms with Crippen LogP contribution in [0.2, 0.25) is 0 Å². The highest BCUT2D eigenvalue weighted by Gasteiger charge is 2.52. The quantitative estimate of drug-likeness (QED) is 0.694. The zero-order valence-corrected chi connectivity index (χ0v) is 18.1. The van der Waals surface area contributed by atoms with E-state index >= 15 is 0 Å². The number of ketones is 1. The number of nitrogens with zero attached hydrogens (tertiary/aromatic N) is 1. The van der Waals surface area contributed by atoms with Crippen molar-refractivity contribution in [3.8, 4) is 0 Å². The summed E-state index contributed by atoms with van der Waals surface area (Å²) in [5.41, 5.74) is 5.29. The summed E-state index contributed by atoms with van der Waals surface area (Å²) < 4.78 is 0. The number of benzene rings is 2. The van der Waals surface area contributed by atoms with Crippen molar-refractivity contribution in [2.24, 2.45) is 0 Å². The van der Waals surface area contributed by atoms with Crippen LogP contribution in [0.15, 0.2) is 47.4 Å². The molecule has 152 valence electrons. The maximum Gasteiger partial charge on any atom is 0.162 e. The van der Waals surface area contributed by atoms with Crippen LogP contribution in [0.4, 0.5) is 5.69 Å². The molecule has 2 aromatic rings. The molecule has 0 unspecified atom stereocenters. The molecule has 1 fully saturated rings. The van der Waals surface area contributed by atoms with Gasteiger partial charge in [-0.05, 0) is 56.5 Å². The number of carbonyl (C=O) groups excluding carboxylic acids is 1. The smallest absolute Gasteiger partial charge is 0.162 e. The lowest BCUT2D eigenvalue weighted by Crippen LogP contribution is -2.56. The van der Waals surface area contributed by atoms with Crippen LogP contribution >= 0.6 is 11.8 Å². The molecule has 0 aromatic heterocycles. The zero-order valence-electron chi connectivity index (χ0n) is 17.2. The van der Waals surface area contributed by atoms with E-state index in [-0.39, 0.29) is 11.3 Å². The minimum atomic E-state index is 0.183. The highest BCUT2D eigenvalue weighted by atomic mass is 32.2. The standard InChI is InChI=1S/C25H30N2OS/c1-18-8-10-19(11-9-18)22(28)6-3-12-25-13-14-26-17-21(25)20-5-2-7-23-24(20)27(25)15-4-16-29-23/h2,5,7-11,21,26H,3-4,6,12-17H2,1H3/t21-,25-/m0/s1. The third-order valence-corrected chi connectivity index (χ3v) is 8.25. The summed E-state index contributed by atoms with van der Waals surface area (Å²) >= 11 is 2.02. The molecule has 29 heavy (non-hydrogen) atoms. The fourth-order valence-electron chi connectivity index (χ4n) is 5.70. The SMILES string of the molecule is Cc1ccc(C(=O)CCC[C@]23CCNC[C@H]2c2cccc4c2N3CCCS4)cc1. The number of rotatable bonds is 5. The molecule has 2 atom stereocenters. The van der Waals surface area contributed by atoms with Gasteiger partial charge in [0, 0.05) is 41.4 Å². The van der Waals surface area contributed by atoms with Crippen molar-refractivity contribution in [1.82, 2.24) is 5.32 Å². The number of piperidine rings is 1. The number of nitrogens with one attached hydrogen (secondary N) is 1. The van der Waals surface area contributed by atoms with Gasteiger partial charge in [0.25, 0.3) is 0 Å². The van der Waals surface area contributed by atoms with E-state index in [1.54, 1.807) is 0 Å². The second-order valence-corrected chi connectivity index (χ2v) is 9.94. The van der Waals surface area contributed by atoms with Crippen LogP contribution in [0, 0.1) is 6.92 Å². The van der Waals surface area contributed by atoms with Gasteiger partial charge in [-0.25, -0.2) is 0 Å². The number of hydrogen-bond acceptors (Lipinski definition) is 4. The topological polar surface area (TPSA) is 32.3 Å². The molecule has 5 rings (SSSR count). The highest BCUT2D eigenvalue weighted by molar-refractivity contribution is 7.99. The molecule has 0 bridgehead atoms. The fourth-order valence-corrected chi connectivity index (χ4v) is 6.73. The van der Waals surface area contributed by atoms with Gasteiger partial charge >= 0.3 is 0 Å². The van der Waals surface area contributed by atoms with Crippen molar-refractivity contribution in [2.45, 2.75) is 55.4 Å². The molecular formula is C25H30N2OS. The molecule has 2 aromatic carbocycles. The Labute approximate surface area is 178 Å². The van der Waals surface area contributed by atoms with Gasteiger partial charge in [-0.1, -0.05) is 42.0 Å². The van der Waals surface area contributed by atoms with Crippen molar-refractivity contribution >= 4 is 23.2 Å². The van der Waals surface area contributed by atoms with E-state index in [0.29, 0.717) is 12.3 Å². The number of para-hydroxylation sites is 1. The Kier molecular flexibility index (Phi) is 5.17. The number of carbonyl (C=O) groups is 1. The zero-order chi connectivity index (χ0) is 19.8. The number of Topliss-reactive ketones (excluding diaryl/α,β-unsaturated/α-hetero) is 1. The second-order valence-electron chi connectivity index (χ2n) is 8.80. The lowest BCUT2D eigenvalue weighted by Gasteiger charge is -2.47. The van der Waals surface area contributed by atoms with E-state index < -0.39 is 0 Å². The molecule has 3 nitrogen and oxygen atoms in total. The van der Waals surface area contributed by atoms with Crippen LogP contribution in [-0.4, -0.2) is 36.7 Å². The van der Waals surface area contributed by atoms with Gasteiger partial charge in [0.1, 0.15) is 0 Å². The van der Waals surface area contributed by atoms with Gasteiger partial charge < -0.3 is 10.2 Å². The second kappa shape index (κ2) is 7.81. The minimum Gasteiger partial charge on any atom is -0.364 e. The average molecular weight is 407 g/mol. The first-order valence-electron chi connectivity index (χ1n) is 11.0. The van der Waals surface area contributed by atoms with Gasteiger partial charge in [0.15, 0.2) is 5.78 Å². The lowest BCUT2D eigenvalue weighted by molar-refractivity contribution is 0.0974. The van der Waals surface area contributed by atoms with Gasteiger partial charge in [0.05, 0.1) is 5.69 Å². The van der Waals surface area contributed by atoms with E-state index in [4.69, 9.17) is 0 Å². The molecule has 3 aliphatic heterocycles. The van der Waals surface area contributed by atoms with Crippen molar-refractivity contribution in [2.75, 3.05) is 30.3 Å². The van der Waals surface area contributed by atoms with Crippen LogP contribution in [-0.2, 0) is 0 Å². The van der Waals surface area contributed by atoms with Crippen LogP contribution < -0.4 is 10.2 Å². The van der Waals surface area contributed by atoms with Gasteiger partial charge in [-0.2, -0.15) is 0 Å². The van der Waals surface area contributed by atoms with Crippen molar-refractivity contribution in [1.29, 1.82) is 0 Å². The maximum atomic E-state index is 12.7. The molecule has 3 heterocycles. The first-order chi connectivity index (χ1) is 14.2. The summed E-state index contributed by atoms with van der Waals surface area (Å²) in [7, 11) is 0. The number of anilines is 1. The summed E-state index contributed by atoms with van der Waals surface area (Å²) in [5, 5.41) is 3.65. The van der Waals surface area contributed by atoms with Crippen molar-refractivity contribution in [3.05, 3.63) is 59.2 Å². The van der Waals surface area contributed by atoms with E-state index in [9.17, 15) is 4.79 Å². The van der Waals surface area contributed by atoms with Crippen LogP contribution in [0.1, 0.15) is 59.5 Å². The molecule has 4 heteroatoms. The molecule has 3 aliphatic rings. The van der Waals surface area contributed by atoms with E-state index in [1.165, 1.54) is 40.3 Å². The molecular weight excluding hydrogens is 376 g/mol. The molecule has 1 N–H and O–H groups in total. The van der Waals surface area contributed by atoms with Gasteiger partial charge in [-0.3, -0.25) is 4.79 Å². The Balaban J connectivity index is 1.38. The molecule has 0 amide bonds. The molecule has 0 spiro atoms. The Morgan fingerprint density at radius 2 is 2.10 bits per heavy atom. The van der Waals surface area contributed by atoms with Gasteiger partial charge in [-0.15, -0.1) is 11.8 Å². The minimum absolute atomic E-state index is 0.183. The molecule has 1 saturated heterocycles. The number of fused-ring (bicyclic) bond motifs is 3. The summed E-state index contributed by atoms with van der Waals surface area (Å²) in [6.45, 7) is 5.36. The third-order valence-electron chi connectivity index (χ3n) is 7.12. The average Bonchev–Trinajstić information content (AvgIpc) is 2.86. The normalized spacial score (nSPS) is 25.3. The first kappa shape index (κ1) is 19.2.